The SMILES string of the molecule is O=C(c1ccccc1Cl)c1[nH]ncc1-c1nnn(Cc2cc(C(F)(F)F)cc(C(F)(F)F)c2)c1-c1ccccc1. The second kappa shape index (κ2) is 10.3. The Morgan fingerprint density at radius 2 is 1.50 bits per heavy atom. The van der Waals surface area contributed by atoms with Gasteiger partial charge in [0, 0.05) is 11.1 Å². The van der Waals surface area contributed by atoms with Crippen molar-refractivity contribution in [1.29, 1.82) is 0 Å². The third kappa shape index (κ3) is 5.34. The van der Waals surface area contributed by atoms with Gasteiger partial charge in [-0.3, -0.25) is 9.89 Å². The van der Waals surface area contributed by atoms with Gasteiger partial charge in [0.15, 0.2) is 0 Å². The molecule has 40 heavy (non-hydrogen) atoms. The van der Waals surface area contributed by atoms with Crippen LogP contribution in [0.3, 0.4) is 0 Å². The number of aromatic nitrogens is 5. The topological polar surface area (TPSA) is 76.5 Å². The predicted octanol–water partition coefficient (Wildman–Crippen LogP) is 7.31. The molecule has 0 spiro atoms. The van der Waals surface area contributed by atoms with Gasteiger partial charge >= 0.3 is 12.4 Å². The van der Waals surface area contributed by atoms with Crippen molar-refractivity contribution < 1.29 is 31.1 Å². The average molecular weight is 576 g/mol. The Hall–Kier alpha value is -4.45. The van der Waals surface area contributed by atoms with Crippen LogP contribution in [0.2, 0.25) is 5.02 Å². The van der Waals surface area contributed by atoms with Gasteiger partial charge in [-0.1, -0.05) is 59.3 Å². The first-order valence-electron chi connectivity index (χ1n) is 11.5. The van der Waals surface area contributed by atoms with Crippen LogP contribution < -0.4 is 0 Å². The number of carbonyl (C=O) groups is 1. The molecule has 0 fully saturated rings. The summed E-state index contributed by atoms with van der Waals surface area (Å²) >= 11 is 6.20. The molecule has 204 valence electrons. The molecule has 0 radical (unpaired) electrons. The van der Waals surface area contributed by atoms with Crippen LogP contribution in [0.5, 0.6) is 0 Å². The third-order valence-electron chi connectivity index (χ3n) is 6.00. The van der Waals surface area contributed by atoms with Crippen molar-refractivity contribution in [3.63, 3.8) is 0 Å². The molecule has 0 saturated heterocycles. The number of carbonyl (C=O) groups excluding carboxylic acids is 1. The molecule has 1 N–H and O–H groups in total. The predicted molar refractivity (Wildman–Crippen MR) is 133 cm³/mol. The van der Waals surface area contributed by atoms with E-state index < -0.39 is 35.8 Å². The Morgan fingerprint density at radius 3 is 2.12 bits per heavy atom. The van der Waals surface area contributed by atoms with E-state index in [0.29, 0.717) is 17.7 Å². The highest BCUT2D eigenvalue weighted by Crippen LogP contribution is 2.38. The maximum Gasteiger partial charge on any atom is 0.416 e. The van der Waals surface area contributed by atoms with Crippen molar-refractivity contribution in [2.75, 3.05) is 0 Å². The van der Waals surface area contributed by atoms with E-state index >= 15 is 0 Å². The maximum atomic E-state index is 13.4. The van der Waals surface area contributed by atoms with Gasteiger partial charge in [-0.25, -0.2) is 4.68 Å². The smallest absolute Gasteiger partial charge is 0.287 e. The van der Waals surface area contributed by atoms with Gasteiger partial charge in [0.2, 0.25) is 5.78 Å². The zero-order valence-electron chi connectivity index (χ0n) is 20.1. The highest BCUT2D eigenvalue weighted by atomic mass is 35.5. The van der Waals surface area contributed by atoms with Crippen LogP contribution in [0, 0.1) is 0 Å². The molecule has 0 amide bonds. The van der Waals surface area contributed by atoms with E-state index in [-0.39, 0.29) is 44.9 Å². The summed E-state index contributed by atoms with van der Waals surface area (Å²) in [6.07, 6.45) is -8.68. The summed E-state index contributed by atoms with van der Waals surface area (Å²) in [4.78, 5) is 13.3. The van der Waals surface area contributed by atoms with E-state index in [1.807, 2.05) is 0 Å². The highest BCUT2D eigenvalue weighted by molar-refractivity contribution is 6.35. The number of rotatable bonds is 6. The van der Waals surface area contributed by atoms with Crippen molar-refractivity contribution in [3.8, 4) is 22.5 Å². The van der Waals surface area contributed by atoms with Crippen LogP contribution in [0.25, 0.3) is 22.5 Å². The molecular formula is C27H16ClF6N5O. The lowest BCUT2D eigenvalue weighted by Crippen LogP contribution is -2.13. The Bertz CT molecular complexity index is 1660. The van der Waals surface area contributed by atoms with Crippen molar-refractivity contribution >= 4 is 17.4 Å². The van der Waals surface area contributed by atoms with E-state index in [2.05, 4.69) is 20.5 Å². The maximum absolute atomic E-state index is 13.4. The molecule has 3 aromatic carbocycles. The monoisotopic (exact) mass is 575 g/mol. The number of alkyl halides is 6. The molecular weight excluding hydrogens is 560 g/mol. The number of nitrogens with zero attached hydrogens (tertiary/aromatic N) is 4. The Labute approximate surface area is 227 Å². The molecule has 0 bridgehead atoms. The molecule has 0 aliphatic carbocycles. The number of hydrogen-bond acceptors (Lipinski definition) is 4. The Kier molecular flexibility index (Phi) is 6.96. The lowest BCUT2D eigenvalue weighted by molar-refractivity contribution is -0.143. The van der Waals surface area contributed by atoms with E-state index in [9.17, 15) is 31.1 Å². The van der Waals surface area contributed by atoms with Gasteiger partial charge in [-0.2, -0.15) is 31.4 Å². The zero-order chi connectivity index (χ0) is 28.7. The molecule has 0 aliphatic rings. The van der Waals surface area contributed by atoms with Crippen molar-refractivity contribution in [2.24, 2.45) is 0 Å². The molecule has 2 aromatic heterocycles. The van der Waals surface area contributed by atoms with Crippen molar-refractivity contribution in [3.05, 3.63) is 112 Å². The molecule has 0 unspecified atom stereocenters. The van der Waals surface area contributed by atoms with Crippen LogP contribution in [0.1, 0.15) is 32.7 Å². The second-order valence-corrected chi connectivity index (χ2v) is 9.10. The summed E-state index contributed by atoms with van der Waals surface area (Å²) in [6, 6.07) is 16.1. The minimum Gasteiger partial charge on any atom is -0.287 e. The van der Waals surface area contributed by atoms with Gasteiger partial charge in [-0.15, -0.1) is 5.10 Å². The van der Waals surface area contributed by atoms with E-state index in [1.54, 1.807) is 48.5 Å². The van der Waals surface area contributed by atoms with E-state index in [0.717, 1.165) is 0 Å². The quantitative estimate of drug-likeness (QED) is 0.170. The number of aromatic amines is 1. The second-order valence-electron chi connectivity index (χ2n) is 8.69. The molecule has 0 saturated carbocycles. The summed E-state index contributed by atoms with van der Waals surface area (Å²) in [7, 11) is 0. The minimum absolute atomic E-state index is 0.0238. The summed E-state index contributed by atoms with van der Waals surface area (Å²) in [6.45, 7) is -0.476. The van der Waals surface area contributed by atoms with Crippen molar-refractivity contribution in [2.45, 2.75) is 18.9 Å². The van der Waals surface area contributed by atoms with Crippen LogP contribution in [-0.4, -0.2) is 31.0 Å². The first kappa shape index (κ1) is 27.1. The number of halogens is 7. The lowest BCUT2D eigenvalue weighted by Gasteiger charge is -2.15. The van der Waals surface area contributed by atoms with E-state index in [4.69, 9.17) is 11.6 Å². The minimum atomic E-state index is -5.00. The zero-order valence-corrected chi connectivity index (χ0v) is 20.8. The van der Waals surface area contributed by atoms with Crippen LogP contribution in [0.15, 0.2) is 79.0 Å². The fourth-order valence-electron chi connectivity index (χ4n) is 4.19. The number of benzene rings is 3. The first-order chi connectivity index (χ1) is 18.9. The van der Waals surface area contributed by atoms with Gasteiger partial charge in [0.1, 0.15) is 11.4 Å². The summed E-state index contributed by atoms with van der Waals surface area (Å²) in [5, 5.41) is 15.0. The van der Waals surface area contributed by atoms with Gasteiger partial charge in [0.25, 0.3) is 0 Å². The standard InChI is InChI=1S/C27H16ClF6N5O/c28-21-9-5-4-8-19(21)25(40)23-20(13-35-36-23)22-24(16-6-2-1-3-7-16)39(38-37-22)14-15-10-17(26(29,30)31)12-18(11-15)27(32,33)34/h1-13H,14H2,(H,35,36). The normalized spacial score (nSPS) is 12.1. The van der Waals surface area contributed by atoms with Crippen LogP contribution >= 0.6 is 11.6 Å². The molecule has 6 nitrogen and oxygen atoms in total. The third-order valence-corrected chi connectivity index (χ3v) is 6.33. The molecule has 0 atom stereocenters. The average Bonchev–Trinajstić information content (AvgIpc) is 3.55. The van der Waals surface area contributed by atoms with E-state index in [1.165, 1.54) is 16.9 Å². The molecule has 13 heteroatoms. The number of hydrogen-bond donors (Lipinski definition) is 1. The first-order valence-corrected chi connectivity index (χ1v) is 11.9. The summed E-state index contributed by atoms with van der Waals surface area (Å²) in [5.41, 5.74) is -1.86. The number of H-pyrrole nitrogens is 1. The van der Waals surface area contributed by atoms with Gasteiger partial charge in [-0.05, 0) is 35.9 Å². The van der Waals surface area contributed by atoms with Crippen LogP contribution in [0.4, 0.5) is 26.3 Å². The number of ketones is 1. The highest BCUT2D eigenvalue weighted by Gasteiger charge is 2.37. The molecule has 5 aromatic rings. The number of nitrogens with one attached hydrogen (secondary N) is 1. The Balaban J connectivity index is 1.64. The van der Waals surface area contributed by atoms with Gasteiger partial charge in [0.05, 0.1) is 40.1 Å². The van der Waals surface area contributed by atoms with Crippen LogP contribution in [-0.2, 0) is 18.9 Å². The fourth-order valence-corrected chi connectivity index (χ4v) is 4.41. The molecule has 5 rings (SSSR count). The molecule has 0 aliphatic heterocycles. The van der Waals surface area contributed by atoms with Crippen molar-refractivity contribution in [1.82, 2.24) is 25.2 Å². The largest absolute Gasteiger partial charge is 0.416 e. The summed E-state index contributed by atoms with van der Waals surface area (Å²) < 4.78 is 81.8. The van der Waals surface area contributed by atoms with Gasteiger partial charge < -0.3 is 0 Å². The molecule has 2 heterocycles. The summed E-state index contributed by atoms with van der Waals surface area (Å²) in [5.74, 6) is -0.501. The fraction of sp³-hybridized carbons (Fsp3) is 0.111. The lowest BCUT2D eigenvalue weighted by atomic mass is 10.0. The Morgan fingerprint density at radius 1 is 0.875 bits per heavy atom.